The van der Waals surface area contributed by atoms with Gasteiger partial charge in [-0.25, -0.2) is 4.39 Å². The van der Waals surface area contributed by atoms with Gasteiger partial charge < -0.3 is 0 Å². The van der Waals surface area contributed by atoms with Crippen LogP contribution in [-0.4, -0.2) is 12.6 Å². The topological polar surface area (TPSA) is 12.7 Å². The second-order valence-corrected chi connectivity index (χ2v) is 27.9. The summed E-state index contributed by atoms with van der Waals surface area (Å²) >= 11 is 1.88. The zero-order valence-electron chi connectivity index (χ0n) is 40.5. The molecule has 336 valence electrons. The Morgan fingerprint density at radius 3 is 2.28 bits per heavy atom. The van der Waals surface area contributed by atoms with Crippen LogP contribution in [0.4, 0.5) is 4.39 Å². The third kappa shape index (κ3) is 7.08. The van der Waals surface area contributed by atoms with Gasteiger partial charge in [-0.2, -0.15) is 13.7 Å². The first kappa shape index (κ1) is 43.6. The number of aryl methyl sites for hydroxylation is 1. The molecular formula is C61H62FN3SSi+2. The van der Waals surface area contributed by atoms with Crippen molar-refractivity contribution in [1.82, 2.24) is 4.57 Å². The lowest BCUT2D eigenvalue weighted by Crippen LogP contribution is -2.55. The Morgan fingerprint density at radius 2 is 1.52 bits per heavy atom. The molecule has 0 fully saturated rings. The maximum Gasteiger partial charge on any atom is 0.301 e. The summed E-state index contributed by atoms with van der Waals surface area (Å²) in [7, 11) is -1.81. The van der Waals surface area contributed by atoms with Crippen molar-refractivity contribution in [3.05, 3.63) is 174 Å². The lowest BCUT2D eigenvalue weighted by molar-refractivity contribution is -0.719. The van der Waals surface area contributed by atoms with Gasteiger partial charge in [-0.05, 0) is 76.6 Å². The number of halogens is 1. The fraction of sp³-hybridized carbons (Fsp3) is 0.279. The van der Waals surface area contributed by atoms with Crippen molar-refractivity contribution < 1.29 is 13.5 Å². The van der Waals surface area contributed by atoms with E-state index >= 15 is 4.39 Å². The zero-order chi connectivity index (χ0) is 46.7. The van der Waals surface area contributed by atoms with E-state index in [1.807, 2.05) is 17.4 Å². The van der Waals surface area contributed by atoms with Gasteiger partial charge in [0.1, 0.15) is 17.2 Å². The summed E-state index contributed by atoms with van der Waals surface area (Å²) in [6, 6.07) is 48.4. The zero-order valence-corrected chi connectivity index (χ0v) is 42.4. The Morgan fingerprint density at radius 1 is 0.791 bits per heavy atom. The highest BCUT2D eigenvalue weighted by atomic mass is 32.1. The van der Waals surface area contributed by atoms with Gasteiger partial charge in [-0.1, -0.05) is 165 Å². The van der Waals surface area contributed by atoms with Crippen LogP contribution in [0, 0.1) is 11.7 Å². The molecule has 2 aliphatic heterocycles. The molecule has 0 spiro atoms. The summed E-state index contributed by atoms with van der Waals surface area (Å²) in [5, 5.41) is 4.06. The first-order chi connectivity index (χ1) is 32.1. The minimum Gasteiger partial charge on any atom is -0.207 e. The third-order valence-corrected chi connectivity index (χ3v) is 18.5. The lowest BCUT2D eigenvalue weighted by Gasteiger charge is -2.34. The number of thiophene rings is 1. The van der Waals surface area contributed by atoms with Crippen molar-refractivity contribution in [2.24, 2.45) is 5.92 Å². The summed E-state index contributed by atoms with van der Waals surface area (Å²) in [4.78, 5) is 0. The summed E-state index contributed by atoms with van der Waals surface area (Å²) in [5.74, 6) is 1.97. The number of hydrogen-bond donors (Lipinski definition) is 0. The highest BCUT2D eigenvalue weighted by Gasteiger charge is 2.46. The molecular weight excluding hydrogens is 854 g/mol. The Hall–Kier alpha value is -5.95. The maximum atomic E-state index is 16.3. The highest BCUT2D eigenvalue weighted by molar-refractivity contribution is 7.26. The van der Waals surface area contributed by atoms with E-state index in [-0.39, 0.29) is 23.2 Å². The van der Waals surface area contributed by atoms with Crippen LogP contribution >= 0.6 is 11.3 Å². The molecule has 0 saturated heterocycles. The SMILES string of the molecule is C=C1CC2C(CCc3ccc4c(sc5ccccc54)c3-c3n(-c4c(-c5ccccc5)cccc4C(C)(C)C)c4cc(F)ccc4[n+]31)c1ccccc1-c1cc(C(C)C(C)C)c([Si](C)(C)C)c[n+]12. The lowest BCUT2D eigenvalue weighted by atomic mass is 9.77. The smallest absolute Gasteiger partial charge is 0.207 e. The molecule has 9 aromatic rings. The number of aromatic nitrogens is 3. The minimum atomic E-state index is -1.81. The minimum absolute atomic E-state index is 0.103. The summed E-state index contributed by atoms with van der Waals surface area (Å²) in [6.45, 7) is 26.7. The van der Waals surface area contributed by atoms with E-state index in [1.54, 1.807) is 17.3 Å². The number of rotatable bonds is 5. The van der Waals surface area contributed by atoms with Gasteiger partial charge in [0.25, 0.3) is 0 Å². The van der Waals surface area contributed by atoms with Gasteiger partial charge in [0.2, 0.25) is 5.69 Å². The van der Waals surface area contributed by atoms with Crippen LogP contribution in [0.25, 0.3) is 76.4 Å². The van der Waals surface area contributed by atoms with E-state index in [4.69, 9.17) is 6.58 Å². The first-order valence-electron chi connectivity index (χ1n) is 24.4. The van der Waals surface area contributed by atoms with E-state index in [1.165, 1.54) is 59.2 Å². The van der Waals surface area contributed by atoms with Crippen LogP contribution in [0.3, 0.4) is 0 Å². The number of para-hydroxylation sites is 1. The highest BCUT2D eigenvalue weighted by Crippen LogP contribution is 2.49. The molecule has 6 aromatic carbocycles. The summed E-state index contributed by atoms with van der Waals surface area (Å²) < 4.78 is 26.4. The van der Waals surface area contributed by atoms with E-state index in [0.717, 1.165) is 58.6 Å². The Kier molecular flexibility index (Phi) is 10.5. The van der Waals surface area contributed by atoms with Crippen molar-refractivity contribution in [2.75, 3.05) is 0 Å². The molecule has 6 heteroatoms. The van der Waals surface area contributed by atoms with Crippen molar-refractivity contribution in [2.45, 2.75) is 104 Å². The van der Waals surface area contributed by atoms with Crippen LogP contribution < -0.4 is 14.3 Å². The monoisotopic (exact) mass is 915 g/mol. The third-order valence-electron chi connectivity index (χ3n) is 15.2. The van der Waals surface area contributed by atoms with Crippen LogP contribution in [0.1, 0.15) is 94.5 Å². The molecule has 67 heavy (non-hydrogen) atoms. The molecule has 3 nitrogen and oxygen atoms in total. The number of allylic oxidation sites excluding steroid dienone is 1. The van der Waals surface area contributed by atoms with Crippen LogP contribution in [0.5, 0.6) is 0 Å². The Balaban J connectivity index is 1.27. The normalized spacial score (nSPS) is 16.7. The molecule has 0 radical (unpaired) electrons. The fourth-order valence-corrected chi connectivity index (χ4v) is 14.6. The number of benzene rings is 6. The molecule has 0 saturated carbocycles. The molecule has 0 bridgehead atoms. The van der Waals surface area contributed by atoms with Gasteiger partial charge in [0.05, 0.1) is 24.8 Å². The second-order valence-electron chi connectivity index (χ2n) is 21.8. The van der Waals surface area contributed by atoms with Crippen LogP contribution in [0.15, 0.2) is 146 Å². The number of pyridine rings is 1. The van der Waals surface area contributed by atoms with Crippen LogP contribution in [-0.2, 0) is 11.8 Å². The molecule has 11 rings (SSSR count). The largest absolute Gasteiger partial charge is 0.301 e. The van der Waals surface area contributed by atoms with Gasteiger partial charge in [-0.3, -0.25) is 0 Å². The molecule has 0 amide bonds. The average Bonchev–Trinajstić information content (AvgIpc) is 3.85. The standard InChI is InChI=1S/C61H62FN3SSi/c1-37(2)39(4)49-35-53-45-22-15-14-21-44(45)46-30-27-41-28-31-48-47-23-16-17-26-55(47)66-59(48)57(41)60-64(38(3)33-52(46)63(53)36-56(49)67(8,9)10)51-32-29-42(62)34-54(51)65(60)58-43(40-19-12-11-13-20-40)24-18-25-50(58)61(5,6)7/h11-26,28-29,31-32,34-37,39,46,52H,3,27,30,33H2,1-2,4-10H3/q+2. The van der Waals surface area contributed by atoms with E-state index in [9.17, 15) is 0 Å². The quantitative estimate of drug-likeness (QED) is 0.121. The predicted octanol–water partition coefficient (Wildman–Crippen LogP) is 15.5. The first-order valence-corrected chi connectivity index (χ1v) is 28.7. The molecule has 3 unspecified atom stereocenters. The van der Waals surface area contributed by atoms with Gasteiger partial charge in [0, 0.05) is 55.4 Å². The van der Waals surface area contributed by atoms with Crippen molar-refractivity contribution >= 4 is 61.5 Å². The van der Waals surface area contributed by atoms with Crippen molar-refractivity contribution in [3.63, 3.8) is 0 Å². The Bertz CT molecular complexity index is 3450. The van der Waals surface area contributed by atoms with E-state index < -0.39 is 8.07 Å². The molecule has 3 atom stereocenters. The van der Waals surface area contributed by atoms with Crippen molar-refractivity contribution in [1.29, 1.82) is 0 Å². The number of nitrogens with zero attached hydrogens (tertiary/aromatic N) is 3. The average molecular weight is 916 g/mol. The second kappa shape index (κ2) is 16.1. The summed E-state index contributed by atoms with van der Waals surface area (Å²) in [6.07, 6.45) is 5.16. The number of imidazole rings is 1. The molecule has 3 aromatic heterocycles. The van der Waals surface area contributed by atoms with E-state index in [0.29, 0.717) is 11.8 Å². The Labute approximate surface area is 400 Å². The molecule has 0 aliphatic carbocycles. The van der Waals surface area contributed by atoms with E-state index in [2.05, 4.69) is 196 Å². The van der Waals surface area contributed by atoms with Crippen LogP contribution in [0.2, 0.25) is 19.6 Å². The van der Waals surface area contributed by atoms with Gasteiger partial charge >= 0.3 is 5.82 Å². The fourth-order valence-electron chi connectivity index (χ4n) is 11.6. The number of fused-ring (bicyclic) bond motifs is 15. The predicted molar refractivity (Wildman–Crippen MR) is 284 cm³/mol. The van der Waals surface area contributed by atoms with Gasteiger partial charge in [-0.15, -0.1) is 11.3 Å². The molecule has 0 N–H and O–H groups in total. The molecule has 5 heterocycles. The summed E-state index contributed by atoms with van der Waals surface area (Å²) in [5.41, 5.74) is 15.2. The number of hydrogen-bond acceptors (Lipinski definition) is 1. The van der Waals surface area contributed by atoms with Crippen molar-refractivity contribution in [3.8, 4) is 39.5 Å². The molecule has 2 aliphatic rings. The maximum absolute atomic E-state index is 16.3. The van der Waals surface area contributed by atoms with Gasteiger partial charge in [0.15, 0.2) is 23.3 Å².